The summed E-state index contributed by atoms with van der Waals surface area (Å²) in [5, 5.41) is 13.7. The fraction of sp³-hybridized carbons (Fsp3) is 0.812. The standard InChI is InChI=1S/C16H27N2O2/c1-12-14(19)13(11-17-9-7-6-8-10-17)16(4,5)18(20)15(12,2)3/h13H,1,6-11H2,2-5H3. The number of piperidine rings is 2. The summed E-state index contributed by atoms with van der Waals surface area (Å²) in [6, 6.07) is 0. The quantitative estimate of drug-likeness (QED) is 0.729. The molecule has 1 radical (unpaired) electrons. The van der Waals surface area contributed by atoms with Gasteiger partial charge in [-0.3, -0.25) is 4.79 Å². The van der Waals surface area contributed by atoms with Crippen molar-refractivity contribution in [2.45, 2.75) is 58.0 Å². The molecule has 4 nitrogen and oxygen atoms in total. The summed E-state index contributed by atoms with van der Waals surface area (Å²) in [6.07, 6.45) is 3.65. The van der Waals surface area contributed by atoms with Crippen molar-refractivity contribution >= 4 is 5.78 Å². The van der Waals surface area contributed by atoms with Crippen LogP contribution in [-0.2, 0) is 10.0 Å². The zero-order valence-corrected chi connectivity index (χ0v) is 13.2. The van der Waals surface area contributed by atoms with Gasteiger partial charge in [-0.05, 0) is 53.6 Å². The molecular weight excluding hydrogens is 252 g/mol. The molecule has 4 heteroatoms. The summed E-state index contributed by atoms with van der Waals surface area (Å²) >= 11 is 0. The topological polar surface area (TPSA) is 43.5 Å². The van der Waals surface area contributed by atoms with Crippen molar-refractivity contribution in [2.24, 2.45) is 5.92 Å². The molecule has 2 aliphatic heterocycles. The van der Waals surface area contributed by atoms with E-state index < -0.39 is 11.1 Å². The molecule has 1 unspecified atom stereocenters. The third-order valence-electron chi connectivity index (χ3n) is 5.13. The molecule has 0 N–H and O–H groups in total. The summed E-state index contributed by atoms with van der Waals surface area (Å²) in [5.74, 6) is -0.212. The van der Waals surface area contributed by atoms with Crippen molar-refractivity contribution in [1.29, 1.82) is 0 Å². The maximum absolute atomic E-state index is 12.7. The molecule has 0 aromatic heterocycles. The van der Waals surface area contributed by atoms with Gasteiger partial charge < -0.3 is 4.90 Å². The summed E-state index contributed by atoms with van der Waals surface area (Å²) in [5.41, 5.74) is -1.04. The zero-order chi connectivity index (χ0) is 15.1. The summed E-state index contributed by atoms with van der Waals surface area (Å²) < 4.78 is 0. The van der Waals surface area contributed by atoms with Crippen molar-refractivity contribution in [3.05, 3.63) is 12.2 Å². The molecule has 0 saturated carbocycles. The van der Waals surface area contributed by atoms with Crippen LogP contribution in [0.3, 0.4) is 0 Å². The van der Waals surface area contributed by atoms with Gasteiger partial charge in [0.15, 0.2) is 5.78 Å². The molecular formula is C16H27N2O2. The van der Waals surface area contributed by atoms with Gasteiger partial charge >= 0.3 is 0 Å². The molecule has 2 heterocycles. The number of likely N-dealkylation sites (tertiary alicyclic amines) is 1. The van der Waals surface area contributed by atoms with Crippen LogP contribution in [0.25, 0.3) is 0 Å². The average molecular weight is 279 g/mol. The largest absolute Gasteiger partial charge is 0.303 e. The molecule has 113 valence electrons. The number of rotatable bonds is 2. The lowest BCUT2D eigenvalue weighted by Crippen LogP contribution is -2.66. The van der Waals surface area contributed by atoms with Gasteiger partial charge in [0, 0.05) is 12.1 Å². The number of hydroxylamine groups is 2. The monoisotopic (exact) mass is 279 g/mol. The van der Waals surface area contributed by atoms with E-state index in [1.807, 2.05) is 13.8 Å². The minimum absolute atomic E-state index is 0.0673. The first-order valence-corrected chi connectivity index (χ1v) is 7.62. The van der Waals surface area contributed by atoms with Crippen LogP contribution >= 0.6 is 0 Å². The predicted octanol–water partition coefficient (Wildman–Crippen LogP) is 2.43. The molecule has 0 bridgehead atoms. The molecule has 0 aromatic carbocycles. The third kappa shape index (κ3) is 2.45. The number of carbonyl (C=O) groups is 1. The van der Waals surface area contributed by atoms with Gasteiger partial charge in [-0.15, -0.1) is 10.3 Å². The second-order valence-electron chi connectivity index (χ2n) is 7.26. The molecule has 2 saturated heterocycles. The predicted molar refractivity (Wildman–Crippen MR) is 78.6 cm³/mol. The Morgan fingerprint density at radius 2 is 1.70 bits per heavy atom. The highest BCUT2D eigenvalue weighted by Gasteiger charge is 2.54. The zero-order valence-electron chi connectivity index (χ0n) is 13.2. The van der Waals surface area contributed by atoms with Crippen molar-refractivity contribution < 1.29 is 10.0 Å². The molecule has 0 aliphatic carbocycles. The Balaban J connectivity index is 2.22. The number of nitrogens with zero attached hydrogens (tertiary/aromatic N) is 2. The van der Waals surface area contributed by atoms with E-state index in [9.17, 15) is 10.0 Å². The van der Waals surface area contributed by atoms with Crippen molar-refractivity contribution in [2.75, 3.05) is 19.6 Å². The van der Waals surface area contributed by atoms with Crippen LogP contribution in [0.4, 0.5) is 0 Å². The minimum atomic E-state index is -0.807. The Hall–Kier alpha value is -0.710. The Bertz CT molecular complexity index is 409. The van der Waals surface area contributed by atoms with Crippen molar-refractivity contribution in [3.63, 3.8) is 0 Å². The Kier molecular flexibility index (Phi) is 4.11. The maximum Gasteiger partial charge on any atom is 0.166 e. The lowest BCUT2D eigenvalue weighted by molar-refractivity contribution is -0.280. The number of hydrogen-bond acceptors (Lipinski definition) is 3. The van der Waals surface area contributed by atoms with Crippen LogP contribution in [0.15, 0.2) is 12.2 Å². The van der Waals surface area contributed by atoms with E-state index in [0.29, 0.717) is 12.1 Å². The molecule has 2 rings (SSSR count). The van der Waals surface area contributed by atoms with Gasteiger partial charge in [-0.1, -0.05) is 13.0 Å². The number of ketones is 1. The van der Waals surface area contributed by atoms with Crippen LogP contribution in [0.5, 0.6) is 0 Å². The highest BCUT2D eigenvalue weighted by atomic mass is 16.5. The Morgan fingerprint density at radius 3 is 2.25 bits per heavy atom. The highest BCUT2D eigenvalue weighted by molar-refractivity contribution is 6.00. The van der Waals surface area contributed by atoms with Gasteiger partial charge in [0.25, 0.3) is 0 Å². The fourth-order valence-corrected chi connectivity index (χ4v) is 3.52. The molecule has 2 fully saturated rings. The minimum Gasteiger partial charge on any atom is -0.303 e. The first-order chi connectivity index (χ1) is 9.19. The molecule has 0 aromatic rings. The molecule has 2 aliphatic rings. The average Bonchev–Trinajstić information content (AvgIpc) is 2.42. The van der Waals surface area contributed by atoms with Gasteiger partial charge in [-0.25, -0.2) is 0 Å². The summed E-state index contributed by atoms with van der Waals surface area (Å²) in [6.45, 7) is 14.0. The normalized spacial score (nSPS) is 31.6. The second-order valence-corrected chi connectivity index (χ2v) is 7.26. The van der Waals surface area contributed by atoms with Gasteiger partial charge in [-0.2, -0.15) is 0 Å². The van der Waals surface area contributed by atoms with E-state index in [1.54, 1.807) is 13.8 Å². The second kappa shape index (κ2) is 5.24. The lowest BCUT2D eigenvalue weighted by atomic mass is 9.70. The van der Waals surface area contributed by atoms with E-state index in [2.05, 4.69) is 11.5 Å². The van der Waals surface area contributed by atoms with E-state index in [4.69, 9.17) is 0 Å². The van der Waals surface area contributed by atoms with E-state index >= 15 is 0 Å². The van der Waals surface area contributed by atoms with Crippen LogP contribution in [0.1, 0.15) is 47.0 Å². The SMILES string of the molecule is C=C1C(=O)C(CN2CCCCC2)C(C)(C)N([O])C1(C)C. The number of carbonyl (C=O) groups excluding carboxylic acids is 1. The molecule has 20 heavy (non-hydrogen) atoms. The highest BCUT2D eigenvalue weighted by Crippen LogP contribution is 2.41. The summed E-state index contributed by atoms with van der Waals surface area (Å²) in [4.78, 5) is 15.0. The molecule has 1 atom stereocenters. The first-order valence-electron chi connectivity index (χ1n) is 7.62. The number of Topliss-reactive ketones (excluding diaryl/α,β-unsaturated/α-hetero) is 1. The van der Waals surface area contributed by atoms with E-state index in [0.717, 1.165) is 18.2 Å². The fourth-order valence-electron chi connectivity index (χ4n) is 3.52. The molecule has 0 amide bonds. The van der Waals surface area contributed by atoms with Crippen LogP contribution in [0.2, 0.25) is 0 Å². The Morgan fingerprint density at radius 1 is 1.15 bits per heavy atom. The number of hydrogen-bond donors (Lipinski definition) is 0. The van der Waals surface area contributed by atoms with Gasteiger partial charge in [0.2, 0.25) is 0 Å². The van der Waals surface area contributed by atoms with Crippen molar-refractivity contribution in [3.8, 4) is 0 Å². The van der Waals surface area contributed by atoms with Crippen LogP contribution in [-0.4, -0.2) is 46.5 Å². The van der Waals surface area contributed by atoms with Crippen LogP contribution in [0, 0.1) is 5.92 Å². The third-order valence-corrected chi connectivity index (χ3v) is 5.13. The molecule has 0 spiro atoms. The van der Waals surface area contributed by atoms with Crippen molar-refractivity contribution in [1.82, 2.24) is 9.96 Å². The van der Waals surface area contributed by atoms with E-state index in [-0.39, 0.29) is 11.7 Å². The van der Waals surface area contributed by atoms with Gasteiger partial charge in [0.1, 0.15) is 0 Å². The van der Waals surface area contributed by atoms with Gasteiger partial charge in [0.05, 0.1) is 17.0 Å². The lowest BCUT2D eigenvalue weighted by Gasteiger charge is -2.52. The Labute approximate surface area is 122 Å². The maximum atomic E-state index is 12.7. The first kappa shape index (κ1) is 15.7. The van der Waals surface area contributed by atoms with Crippen LogP contribution < -0.4 is 0 Å². The van der Waals surface area contributed by atoms with E-state index in [1.165, 1.54) is 19.3 Å². The summed E-state index contributed by atoms with van der Waals surface area (Å²) in [7, 11) is 0. The smallest absolute Gasteiger partial charge is 0.166 e.